The Bertz CT molecular complexity index is 525. The number of likely N-dealkylation sites (tertiary alicyclic amines) is 1. The number of piperidine rings is 2. The summed E-state index contributed by atoms with van der Waals surface area (Å²) in [7, 11) is 2.02. The summed E-state index contributed by atoms with van der Waals surface area (Å²) in [5.74, 6) is 0.582. The number of carbonyl (C=O) groups excluding carboxylic acids is 1. The van der Waals surface area contributed by atoms with Gasteiger partial charge in [0.05, 0.1) is 0 Å². The van der Waals surface area contributed by atoms with Crippen LogP contribution < -0.4 is 5.32 Å². The number of benzene rings is 1. The van der Waals surface area contributed by atoms with Gasteiger partial charge in [-0.2, -0.15) is 0 Å². The van der Waals surface area contributed by atoms with Gasteiger partial charge in [-0.25, -0.2) is 0 Å². The molecule has 3 rings (SSSR count). The summed E-state index contributed by atoms with van der Waals surface area (Å²) in [5.41, 5.74) is 1.38. The van der Waals surface area contributed by atoms with Gasteiger partial charge in [-0.05, 0) is 44.7 Å². The third-order valence-corrected chi connectivity index (χ3v) is 5.67. The van der Waals surface area contributed by atoms with Crippen molar-refractivity contribution >= 4 is 5.91 Å². The summed E-state index contributed by atoms with van der Waals surface area (Å²) in [6.07, 6.45) is 4.15. The van der Waals surface area contributed by atoms with Crippen molar-refractivity contribution in [3.05, 3.63) is 35.9 Å². The molecule has 132 valence electrons. The Labute approximate surface area is 146 Å². The monoisotopic (exact) mass is 329 g/mol. The fourth-order valence-electron chi connectivity index (χ4n) is 4.13. The van der Waals surface area contributed by atoms with E-state index in [0.717, 1.165) is 51.9 Å². The smallest absolute Gasteiger partial charge is 0.225 e. The highest BCUT2D eigenvalue weighted by Gasteiger charge is 2.31. The van der Waals surface area contributed by atoms with Crippen LogP contribution in [0, 0.1) is 5.92 Å². The average Bonchev–Trinajstić information content (AvgIpc) is 2.62. The molecule has 24 heavy (non-hydrogen) atoms. The number of nitrogens with zero attached hydrogens (tertiary/aromatic N) is 2. The molecule has 0 bridgehead atoms. The highest BCUT2D eigenvalue weighted by Crippen LogP contribution is 2.23. The van der Waals surface area contributed by atoms with Crippen LogP contribution in [-0.4, -0.2) is 54.5 Å². The first-order valence-corrected chi connectivity index (χ1v) is 9.40. The molecule has 0 unspecified atom stereocenters. The topological polar surface area (TPSA) is 35.6 Å². The zero-order valence-corrected chi connectivity index (χ0v) is 15.1. The van der Waals surface area contributed by atoms with E-state index in [9.17, 15) is 4.79 Å². The molecule has 4 nitrogen and oxygen atoms in total. The highest BCUT2D eigenvalue weighted by atomic mass is 16.2. The maximum atomic E-state index is 12.8. The van der Waals surface area contributed by atoms with Gasteiger partial charge in [0.1, 0.15) is 0 Å². The van der Waals surface area contributed by atoms with Gasteiger partial charge in [0.2, 0.25) is 5.91 Å². The first-order chi connectivity index (χ1) is 11.6. The Morgan fingerprint density at radius 3 is 2.58 bits per heavy atom. The molecule has 2 aliphatic heterocycles. The summed E-state index contributed by atoms with van der Waals surface area (Å²) in [6, 6.07) is 11.5. The fraction of sp³-hybridized carbons (Fsp3) is 0.650. The SMILES string of the molecule is C[C@H]1C[C@@H](C(=O)N(C)C2CCN(Cc3ccccc3)CC2)CCN1. The fourth-order valence-corrected chi connectivity index (χ4v) is 4.13. The lowest BCUT2D eigenvalue weighted by atomic mass is 9.91. The van der Waals surface area contributed by atoms with Crippen LogP contribution in [0.15, 0.2) is 30.3 Å². The van der Waals surface area contributed by atoms with Gasteiger partial charge in [0, 0.05) is 44.7 Å². The molecule has 4 heteroatoms. The minimum Gasteiger partial charge on any atom is -0.342 e. The third kappa shape index (κ3) is 4.37. The van der Waals surface area contributed by atoms with Crippen molar-refractivity contribution in [1.29, 1.82) is 0 Å². The summed E-state index contributed by atoms with van der Waals surface area (Å²) in [6.45, 7) is 6.35. The van der Waals surface area contributed by atoms with Crippen molar-refractivity contribution in [1.82, 2.24) is 15.1 Å². The molecule has 0 spiro atoms. The van der Waals surface area contributed by atoms with Crippen LogP contribution in [0.3, 0.4) is 0 Å². The molecule has 2 heterocycles. The summed E-state index contributed by atoms with van der Waals surface area (Å²) < 4.78 is 0. The van der Waals surface area contributed by atoms with E-state index in [1.807, 2.05) is 7.05 Å². The first kappa shape index (κ1) is 17.4. The molecule has 2 saturated heterocycles. The predicted octanol–water partition coefficient (Wildman–Crippen LogP) is 2.50. The van der Waals surface area contributed by atoms with Crippen molar-refractivity contribution in [3.63, 3.8) is 0 Å². The van der Waals surface area contributed by atoms with Crippen LogP contribution in [-0.2, 0) is 11.3 Å². The second-order valence-corrected chi connectivity index (χ2v) is 7.52. The number of rotatable bonds is 4. The molecule has 0 saturated carbocycles. The molecular weight excluding hydrogens is 298 g/mol. The number of carbonyl (C=O) groups is 1. The van der Waals surface area contributed by atoms with Crippen LogP contribution in [0.4, 0.5) is 0 Å². The average molecular weight is 329 g/mol. The third-order valence-electron chi connectivity index (χ3n) is 5.67. The van der Waals surface area contributed by atoms with Gasteiger partial charge in [-0.1, -0.05) is 30.3 Å². The van der Waals surface area contributed by atoms with Crippen LogP contribution >= 0.6 is 0 Å². The molecule has 1 aromatic rings. The summed E-state index contributed by atoms with van der Waals surface area (Å²) in [4.78, 5) is 17.4. The molecule has 1 aromatic carbocycles. The standard InChI is InChI=1S/C20H31N3O/c1-16-14-18(8-11-21-16)20(24)22(2)19-9-12-23(13-10-19)15-17-6-4-3-5-7-17/h3-7,16,18-19,21H,8-15H2,1-2H3/t16-,18-/m0/s1. The second kappa shape index (κ2) is 8.13. The second-order valence-electron chi connectivity index (χ2n) is 7.52. The zero-order valence-electron chi connectivity index (χ0n) is 15.1. The number of nitrogens with one attached hydrogen (secondary N) is 1. The van der Waals surface area contributed by atoms with Crippen LogP contribution in [0.25, 0.3) is 0 Å². The largest absolute Gasteiger partial charge is 0.342 e. The summed E-state index contributed by atoms with van der Waals surface area (Å²) in [5, 5.41) is 3.44. The molecule has 2 aliphatic rings. The lowest BCUT2D eigenvalue weighted by Gasteiger charge is -2.39. The minimum atomic E-state index is 0.216. The number of hydrogen-bond donors (Lipinski definition) is 1. The van der Waals surface area contributed by atoms with Crippen LogP contribution in [0.1, 0.15) is 38.2 Å². The van der Waals surface area contributed by atoms with Gasteiger partial charge >= 0.3 is 0 Å². The Kier molecular flexibility index (Phi) is 5.90. The van der Waals surface area contributed by atoms with Gasteiger partial charge < -0.3 is 10.2 Å². The van der Waals surface area contributed by atoms with E-state index in [1.165, 1.54) is 5.56 Å². The molecule has 1 amide bonds. The van der Waals surface area contributed by atoms with Crippen molar-refractivity contribution in [2.24, 2.45) is 5.92 Å². The maximum Gasteiger partial charge on any atom is 0.225 e. The van der Waals surface area contributed by atoms with E-state index in [0.29, 0.717) is 18.0 Å². The maximum absolute atomic E-state index is 12.8. The Morgan fingerprint density at radius 2 is 1.92 bits per heavy atom. The lowest BCUT2D eigenvalue weighted by molar-refractivity contribution is -0.138. The lowest BCUT2D eigenvalue weighted by Crippen LogP contribution is -2.49. The van der Waals surface area contributed by atoms with Gasteiger partial charge in [-0.3, -0.25) is 9.69 Å². The van der Waals surface area contributed by atoms with Crippen molar-refractivity contribution in [2.75, 3.05) is 26.7 Å². The number of amides is 1. The minimum absolute atomic E-state index is 0.216. The molecular formula is C20H31N3O. The molecule has 2 fully saturated rings. The predicted molar refractivity (Wildman–Crippen MR) is 97.7 cm³/mol. The molecule has 2 atom stereocenters. The first-order valence-electron chi connectivity index (χ1n) is 9.40. The van der Waals surface area contributed by atoms with Crippen LogP contribution in [0.2, 0.25) is 0 Å². The van der Waals surface area contributed by atoms with E-state index in [4.69, 9.17) is 0 Å². The van der Waals surface area contributed by atoms with Crippen molar-refractivity contribution in [3.8, 4) is 0 Å². The Morgan fingerprint density at radius 1 is 1.21 bits per heavy atom. The van der Waals surface area contributed by atoms with E-state index in [2.05, 4.69) is 52.4 Å². The van der Waals surface area contributed by atoms with Crippen molar-refractivity contribution in [2.45, 2.75) is 51.2 Å². The van der Waals surface area contributed by atoms with Gasteiger partial charge in [0.15, 0.2) is 0 Å². The van der Waals surface area contributed by atoms with Gasteiger partial charge in [-0.15, -0.1) is 0 Å². The molecule has 0 aromatic heterocycles. The number of hydrogen-bond acceptors (Lipinski definition) is 3. The van der Waals surface area contributed by atoms with E-state index in [1.54, 1.807) is 0 Å². The Balaban J connectivity index is 1.48. The zero-order chi connectivity index (χ0) is 16.9. The normalized spacial score (nSPS) is 26.2. The molecule has 1 N–H and O–H groups in total. The van der Waals surface area contributed by atoms with E-state index < -0.39 is 0 Å². The van der Waals surface area contributed by atoms with E-state index >= 15 is 0 Å². The van der Waals surface area contributed by atoms with Crippen LogP contribution in [0.5, 0.6) is 0 Å². The molecule has 0 radical (unpaired) electrons. The van der Waals surface area contributed by atoms with Gasteiger partial charge in [0.25, 0.3) is 0 Å². The van der Waals surface area contributed by atoms with E-state index in [-0.39, 0.29) is 5.92 Å². The quantitative estimate of drug-likeness (QED) is 0.922. The highest BCUT2D eigenvalue weighted by molar-refractivity contribution is 5.79. The summed E-state index contributed by atoms with van der Waals surface area (Å²) >= 11 is 0. The van der Waals surface area contributed by atoms with Crippen molar-refractivity contribution < 1.29 is 4.79 Å². The Hall–Kier alpha value is -1.39. The molecule has 0 aliphatic carbocycles.